The SMILES string of the molecule is CCNC(=O)C(=O)NC[C@@H](c1ccc2c(c1)CCN2C)N1CCOCC1. The molecule has 1 aromatic rings. The van der Waals surface area contributed by atoms with Crippen molar-refractivity contribution in [1.29, 1.82) is 0 Å². The van der Waals surface area contributed by atoms with Gasteiger partial charge in [0, 0.05) is 45.5 Å². The number of fused-ring (bicyclic) bond motifs is 1. The fourth-order valence-corrected chi connectivity index (χ4v) is 3.65. The van der Waals surface area contributed by atoms with E-state index in [1.54, 1.807) is 6.92 Å². The molecule has 0 unspecified atom stereocenters. The molecule has 2 aliphatic rings. The van der Waals surface area contributed by atoms with Gasteiger partial charge in [0.25, 0.3) is 0 Å². The molecule has 0 aliphatic carbocycles. The number of carbonyl (C=O) groups is 2. The topological polar surface area (TPSA) is 73.9 Å². The van der Waals surface area contributed by atoms with Crippen molar-refractivity contribution in [3.05, 3.63) is 29.3 Å². The molecule has 3 rings (SSSR count). The van der Waals surface area contributed by atoms with E-state index in [-0.39, 0.29) is 6.04 Å². The molecule has 0 radical (unpaired) electrons. The number of anilines is 1. The van der Waals surface area contributed by atoms with Gasteiger partial charge in [-0.05, 0) is 30.5 Å². The van der Waals surface area contributed by atoms with E-state index in [0.717, 1.165) is 26.1 Å². The van der Waals surface area contributed by atoms with Crippen LogP contribution in [0.2, 0.25) is 0 Å². The minimum Gasteiger partial charge on any atom is -0.379 e. The summed E-state index contributed by atoms with van der Waals surface area (Å²) < 4.78 is 5.47. The van der Waals surface area contributed by atoms with Gasteiger partial charge >= 0.3 is 11.8 Å². The summed E-state index contributed by atoms with van der Waals surface area (Å²) in [5.74, 6) is -1.16. The minimum absolute atomic E-state index is 0.0356. The summed E-state index contributed by atoms with van der Waals surface area (Å²) in [6.45, 7) is 6.69. The van der Waals surface area contributed by atoms with Crippen LogP contribution in [0.1, 0.15) is 24.1 Å². The monoisotopic (exact) mass is 360 g/mol. The molecule has 7 nitrogen and oxygen atoms in total. The predicted octanol–water partition coefficient (Wildman–Crippen LogP) is 0.305. The van der Waals surface area contributed by atoms with Gasteiger partial charge in [-0.2, -0.15) is 0 Å². The van der Waals surface area contributed by atoms with Crippen LogP contribution in [0.4, 0.5) is 5.69 Å². The van der Waals surface area contributed by atoms with Gasteiger partial charge in [-0.1, -0.05) is 12.1 Å². The zero-order valence-corrected chi connectivity index (χ0v) is 15.6. The van der Waals surface area contributed by atoms with Crippen molar-refractivity contribution in [2.75, 3.05) is 57.9 Å². The maximum Gasteiger partial charge on any atom is 0.309 e. The summed E-state index contributed by atoms with van der Waals surface area (Å²) in [6.07, 6.45) is 1.04. The number of benzene rings is 1. The van der Waals surface area contributed by atoms with E-state index in [1.807, 2.05) is 0 Å². The van der Waals surface area contributed by atoms with Crippen LogP contribution in [-0.4, -0.2) is 69.7 Å². The number of amides is 2. The van der Waals surface area contributed by atoms with Crippen LogP contribution in [-0.2, 0) is 20.7 Å². The smallest absolute Gasteiger partial charge is 0.309 e. The van der Waals surface area contributed by atoms with E-state index in [0.29, 0.717) is 26.3 Å². The molecule has 2 amide bonds. The summed E-state index contributed by atoms with van der Waals surface area (Å²) in [7, 11) is 2.11. The van der Waals surface area contributed by atoms with Gasteiger partial charge < -0.3 is 20.3 Å². The Labute approximate surface area is 154 Å². The summed E-state index contributed by atoms with van der Waals surface area (Å²) >= 11 is 0. The highest BCUT2D eigenvalue weighted by atomic mass is 16.5. The lowest BCUT2D eigenvalue weighted by Gasteiger charge is -2.35. The lowest BCUT2D eigenvalue weighted by molar-refractivity contribution is -0.139. The van der Waals surface area contributed by atoms with Crippen LogP contribution in [0, 0.1) is 0 Å². The molecule has 1 aromatic carbocycles. The highest BCUT2D eigenvalue weighted by Crippen LogP contribution is 2.31. The largest absolute Gasteiger partial charge is 0.379 e. The Hall–Kier alpha value is -2.12. The van der Waals surface area contributed by atoms with E-state index in [1.165, 1.54) is 16.8 Å². The second-order valence-corrected chi connectivity index (χ2v) is 6.79. The molecule has 1 fully saturated rings. The van der Waals surface area contributed by atoms with Gasteiger partial charge in [0.15, 0.2) is 0 Å². The first kappa shape index (κ1) is 18.7. The molecule has 0 saturated carbocycles. The highest BCUT2D eigenvalue weighted by Gasteiger charge is 2.26. The van der Waals surface area contributed by atoms with Crippen molar-refractivity contribution in [3.63, 3.8) is 0 Å². The first-order valence-electron chi connectivity index (χ1n) is 9.32. The van der Waals surface area contributed by atoms with E-state index >= 15 is 0 Å². The molecular weight excluding hydrogens is 332 g/mol. The molecule has 142 valence electrons. The number of morpholine rings is 1. The summed E-state index contributed by atoms with van der Waals surface area (Å²) in [4.78, 5) is 28.3. The number of likely N-dealkylation sites (N-methyl/N-ethyl adjacent to an activating group) is 2. The molecule has 1 saturated heterocycles. The molecule has 2 aliphatic heterocycles. The summed E-state index contributed by atoms with van der Waals surface area (Å²) in [6, 6.07) is 6.58. The average Bonchev–Trinajstić information content (AvgIpc) is 3.03. The van der Waals surface area contributed by atoms with Gasteiger partial charge in [0.05, 0.1) is 19.3 Å². The maximum atomic E-state index is 12.0. The molecule has 0 bridgehead atoms. The summed E-state index contributed by atoms with van der Waals surface area (Å²) in [5.41, 5.74) is 3.80. The average molecular weight is 360 g/mol. The lowest BCUT2D eigenvalue weighted by atomic mass is 10.0. The predicted molar refractivity (Wildman–Crippen MR) is 100 cm³/mol. The van der Waals surface area contributed by atoms with E-state index in [2.05, 4.69) is 45.7 Å². The van der Waals surface area contributed by atoms with Crippen LogP contribution in [0.15, 0.2) is 18.2 Å². The van der Waals surface area contributed by atoms with Crippen molar-refractivity contribution < 1.29 is 14.3 Å². The number of nitrogens with zero attached hydrogens (tertiary/aromatic N) is 2. The normalized spacial score (nSPS) is 18.3. The fourth-order valence-electron chi connectivity index (χ4n) is 3.65. The molecule has 7 heteroatoms. The van der Waals surface area contributed by atoms with E-state index < -0.39 is 11.8 Å². The van der Waals surface area contributed by atoms with Crippen molar-refractivity contribution in [2.45, 2.75) is 19.4 Å². The number of hydrogen-bond acceptors (Lipinski definition) is 5. The quantitative estimate of drug-likeness (QED) is 0.739. The van der Waals surface area contributed by atoms with Gasteiger partial charge in [-0.25, -0.2) is 0 Å². The number of ether oxygens (including phenoxy) is 1. The van der Waals surface area contributed by atoms with Crippen molar-refractivity contribution in [1.82, 2.24) is 15.5 Å². The first-order valence-corrected chi connectivity index (χ1v) is 9.32. The Bertz CT molecular complexity index is 658. The molecule has 2 heterocycles. The molecule has 0 spiro atoms. The van der Waals surface area contributed by atoms with Gasteiger partial charge in [0.2, 0.25) is 0 Å². The van der Waals surface area contributed by atoms with Crippen LogP contribution >= 0.6 is 0 Å². The van der Waals surface area contributed by atoms with Crippen LogP contribution < -0.4 is 15.5 Å². The van der Waals surface area contributed by atoms with Crippen LogP contribution in [0.3, 0.4) is 0 Å². The third kappa shape index (κ3) is 4.16. The highest BCUT2D eigenvalue weighted by molar-refractivity contribution is 6.35. The zero-order chi connectivity index (χ0) is 18.5. The number of hydrogen-bond donors (Lipinski definition) is 2. The molecule has 0 aromatic heterocycles. The zero-order valence-electron chi connectivity index (χ0n) is 15.6. The Kier molecular flexibility index (Phi) is 6.11. The molecule has 1 atom stereocenters. The van der Waals surface area contributed by atoms with Gasteiger partial charge in [-0.3, -0.25) is 14.5 Å². The first-order chi connectivity index (χ1) is 12.6. The maximum absolute atomic E-state index is 12.0. The number of rotatable bonds is 5. The second kappa shape index (κ2) is 8.51. The Balaban J connectivity index is 1.75. The minimum atomic E-state index is -0.580. The van der Waals surface area contributed by atoms with Gasteiger partial charge in [0.1, 0.15) is 0 Å². The van der Waals surface area contributed by atoms with E-state index in [4.69, 9.17) is 4.74 Å². The van der Waals surface area contributed by atoms with Crippen LogP contribution in [0.5, 0.6) is 0 Å². The Morgan fingerprint density at radius 3 is 2.62 bits per heavy atom. The van der Waals surface area contributed by atoms with E-state index in [9.17, 15) is 9.59 Å². The third-order valence-electron chi connectivity index (χ3n) is 5.10. The fraction of sp³-hybridized carbons (Fsp3) is 0.579. The number of nitrogens with one attached hydrogen (secondary N) is 2. The Morgan fingerprint density at radius 1 is 1.15 bits per heavy atom. The second-order valence-electron chi connectivity index (χ2n) is 6.79. The Morgan fingerprint density at radius 2 is 1.88 bits per heavy atom. The number of carbonyl (C=O) groups excluding carboxylic acids is 2. The lowest BCUT2D eigenvalue weighted by Crippen LogP contribution is -2.46. The van der Waals surface area contributed by atoms with Crippen molar-refractivity contribution >= 4 is 17.5 Å². The van der Waals surface area contributed by atoms with Gasteiger partial charge in [-0.15, -0.1) is 0 Å². The van der Waals surface area contributed by atoms with Crippen LogP contribution in [0.25, 0.3) is 0 Å². The third-order valence-corrected chi connectivity index (χ3v) is 5.10. The summed E-state index contributed by atoms with van der Waals surface area (Å²) in [5, 5.41) is 5.33. The molecular formula is C19H28N4O3. The molecule has 26 heavy (non-hydrogen) atoms. The standard InChI is InChI=1S/C19H28N4O3/c1-3-20-18(24)19(25)21-13-17(23-8-10-26-11-9-23)14-4-5-16-15(12-14)6-7-22(16)2/h4-5,12,17H,3,6-11,13H2,1-2H3,(H,20,24)(H,21,25)/t17-/m0/s1. The van der Waals surface area contributed by atoms with Crippen molar-refractivity contribution in [3.8, 4) is 0 Å². The van der Waals surface area contributed by atoms with Crippen molar-refractivity contribution in [2.24, 2.45) is 0 Å². The molecule has 2 N–H and O–H groups in total.